The maximum absolute atomic E-state index is 13.6. The lowest BCUT2D eigenvalue weighted by Gasteiger charge is -2.32. The zero-order valence-corrected chi connectivity index (χ0v) is 13.0. The molecule has 6 heteroatoms. The number of nitrogens with zero attached hydrogens (tertiary/aromatic N) is 1. The van der Waals surface area contributed by atoms with E-state index in [1.807, 2.05) is 7.05 Å². The highest BCUT2D eigenvalue weighted by atomic mass is 79.9. The van der Waals surface area contributed by atoms with Gasteiger partial charge < -0.3 is 15.0 Å². The molecule has 1 amide bonds. The Kier molecular flexibility index (Phi) is 5.37. The predicted octanol–water partition coefficient (Wildman–Crippen LogP) is 2.18. The second-order valence-electron chi connectivity index (χ2n) is 4.83. The Bertz CT molecular complexity index is 484. The van der Waals surface area contributed by atoms with Gasteiger partial charge in [-0.15, -0.1) is 0 Å². The van der Waals surface area contributed by atoms with Gasteiger partial charge in [0.2, 0.25) is 0 Å². The molecule has 20 heavy (non-hydrogen) atoms. The number of carbonyl (C=O) groups excluding carboxylic acids is 1. The maximum Gasteiger partial charge on any atom is 0.260 e. The molecule has 1 heterocycles. The fraction of sp³-hybridized carbons (Fsp3) is 0.500. The summed E-state index contributed by atoms with van der Waals surface area (Å²) in [4.78, 5) is 13.8. The van der Waals surface area contributed by atoms with Crippen molar-refractivity contribution in [3.63, 3.8) is 0 Å². The molecule has 0 aromatic heterocycles. The first-order valence-electron chi connectivity index (χ1n) is 6.63. The summed E-state index contributed by atoms with van der Waals surface area (Å²) in [5, 5.41) is 3.18. The van der Waals surface area contributed by atoms with Crippen molar-refractivity contribution in [2.75, 3.05) is 26.7 Å². The van der Waals surface area contributed by atoms with Crippen molar-refractivity contribution in [2.45, 2.75) is 18.9 Å². The first-order valence-corrected chi connectivity index (χ1v) is 7.42. The Morgan fingerprint density at radius 3 is 3.10 bits per heavy atom. The lowest BCUT2D eigenvalue weighted by Crippen LogP contribution is -2.48. The van der Waals surface area contributed by atoms with Gasteiger partial charge in [-0.2, -0.15) is 0 Å². The van der Waals surface area contributed by atoms with Crippen molar-refractivity contribution in [1.29, 1.82) is 0 Å². The number of ether oxygens (including phenoxy) is 1. The Morgan fingerprint density at radius 2 is 2.40 bits per heavy atom. The molecule has 0 radical (unpaired) electrons. The molecular formula is C14H18BrFN2O2. The van der Waals surface area contributed by atoms with Crippen molar-refractivity contribution in [3.05, 3.63) is 28.5 Å². The van der Waals surface area contributed by atoms with Crippen molar-refractivity contribution in [1.82, 2.24) is 10.2 Å². The molecule has 0 spiro atoms. The molecule has 1 aromatic carbocycles. The number of carbonyl (C=O) groups is 1. The van der Waals surface area contributed by atoms with Gasteiger partial charge in [0.25, 0.3) is 5.91 Å². The second kappa shape index (κ2) is 7.04. The van der Waals surface area contributed by atoms with Crippen LogP contribution in [0.25, 0.3) is 0 Å². The van der Waals surface area contributed by atoms with E-state index in [2.05, 4.69) is 21.2 Å². The van der Waals surface area contributed by atoms with Gasteiger partial charge in [-0.3, -0.25) is 4.79 Å². The first kappa shape index (κ1) is 15.3. The molecular weight excluding hydrogens is 327 g/mol. The van der Waals surface area contributed by atoms with E-state index in [1.165, 1.54) is 12.1 Å². The number of amides is 1. The Hall–Kier alpha value is -1.14. The lowest BCUT2D eigenvalue weighted by molar-refractivity contribution is -0.134. The number of piperidine rings is 1. The van der Waals surface area contributed by atoms with Crippen LogP contribution < -0.4 is 10.1 Å². The van der Waals surface area contributed by atoms with Crippen molar-refractivity contribution < 1.29 is 13.9 Å². The summed E-state index contributed by atoms with van der Waals surface area (Å²) < 4.78 is 19.5. The lowest BCUT2D eigenvalue weighted by atomic mass is 10.1. The van der Waals surface area contributed by atoms with E-state index in [-0.39, 0.29) is 18.3 Å². The van der Waals surface area contributed by atoms with Crippen LogP contribution in [-0.4, -0.2) is 43.6 Å². The molecule has 2 rings (SSSR count). The van der Waals surface area contributed by atoms with E-state index in [0.717, 1.165) is 19.4 Å². The minimum absolute atomic E-state index is 0.101. The zero-order valence-electron chi connectivity index (χ0n) is 11.4. The molecule has 4 nitrogen and oxygen atoms in total. The number of benzene rings is 1. The van der Waals surface area contributed by atoms with Gasteiger partial charge in [0.1, 0.15) is 0 Å². The van der Waals surface area contributed by atoms with Crippen LogP contribution in [-0.2, 0) is 4.79 Å². The molecule has 110 valence electrons. The average Bonchev–Trinajstić information content (AvgIpc) is 2.46. The molecule has 1 N–H and O–H groups in total. The zero-order chi connectivity index (χ0) is 14.5. The van der Waals surface area contributed by atoms with Gasteiger partial charge in [-0.25, -0.2) is 4.39 Å². The van der Waals surface area contributed by atoms with Gasteiger partial charge in [0.15, 0.2) is 18.2 Å². The van der Waals surface area contributed by atoms with Gasteiger partial charge >= 0.3 is 0 Å². The number of halogens is 2. The van der Waals surface area contributed by atoms with Crippen LogP contribution in [0.2, 0.25) is 0 Å². The van der Waals surface area contributed by atoms with Crippen LogP contribution in [0.1, 0.15) is 12.8 Å². The SMILES string of the molecule is CNC1CCCN(C(=O)COc2ccc(Br)cc2F)C1. The summed E-state index contributed by atoms with van der Waals surface area (Å²) >= 11 is 3.18. The molecule has 0 bridgehead atoms. The molecule has 1 unspecified atom stereocenters. The molecule has 1 saturated heterocycles. The molecule has 0 saturated carbocycles. The second-order valence-corrected chi connectivity index (χ2v) is 5.75. The highest BCUT2D eigenvalue weighted by Gasteiger charge is 2.22. The van der Waals surface area contributed by atoms with E-state index in [0.29, 0.717) is 17.1 Å². The largest absolute Gasteiger partial charge is 0.481 e. The minimum Gasteiger partial charge on any atom is -0.481 e. The van der Waals surface area contributed by atoms with Crippen LogP contribution >= 0.6 is 15.9 Å². The van der Waals surface area contributed by atoms with Gasteiger partial charge in [-0.05, 0) is 38.1 Å². The normalized spacial score (nSPS) is 18.9. The summed E-state index contributed by atoms with van der Waals surface area (Å²) in [6.07, 6.45) is 2.05. The number of rotatable bonds is 4. The molecule has 0 aliphatic carbocycles. The summed E-state index contributed by atoms with van der Waals surface area (Å²) in [5.41, 5.74) is 0. The summed E-state index contributed by atoms with van der Waals surface area (Å²) in [7, 11) is 1.90. The van der Waals surface area contributed by atoms with Crippen LogP contribution in [0.15, 0.2) is 22.7 Å². The molecule has 1 aliphatic heterocycles. The third-order valence-electron chi connectivity index (χ3n) is 3.43. The van der Waals surface area contributed by atoms with Gasteiger partial charge in [0, 0.05) is 23.6 Å². The van der Waals surface area contributed by atoms with Crippen LogP contribution in [0.5, 0.6) is 5.75 Å². The molecule has 1 aromatic rings. The smallest absolute Gasteiger partial charge is 0.260 e. The number of hydrogen-bond donors (Lipinski definition) is 1. The number of likely N-dealkylation sites (N-methyl/N-ethyl adjacent to an activating group) is 1. The van der Waals surface area contributed by atoms with Crippen LogP contribution in [0.3, 0.4) is 0 Å². The maximum atomic E-state index is 13.6. The average molecular weight is 345 g/mol. The number of hydrogen-bond acceptors (Lipinski definition) is 3. The third-order valence-corrected chi connectivity index (χ3v) is 3.92. The first-order chi connectivity index (χ1) is 9.60. The van der Waals surface area contributed by atoms with E-state index >= 15 is 0 Å². The molecule has 1 atom stereocenters. The molecule has 1 fully saturated rings. The van der Waals surface area contributed by atoms with Gasteiger partial charge in [-0.1, -0.05) is 15.9 Å². The van der Waals surface area contributed by atoms with Crippen LogP contribution in [0, 0.1) is 5.82 Å². The quantitative estimate of drug-likeness (QED) is 0.910. The van der Waals surface area contributed by atoms with E-state index in [1.54, 1.807) is 11.0 Å². The topological polar surface area (TPSA) is 41.6 Å². The standard InChI is InChI=1S/C14H18BrFN2O2/c1-17-11-3-2-6-18(8-11)14(19)9-20-13-5-4-10(15)7-12(13)16/h4-5,7,11,17H,2-3,6,8-9H2,1H3. The Labute approximate surface area is 126 Å². The Balaban J connectivity index is 1.88. The number of nitrogens with one attached hydrogen (secondary N) is 1. The highest BCUT2D eigenvalue weighted by molar-refractivity contribution is 9.10. The fourth-order valence-electron chi connectivity index (χ4n) is 2.26. The van der Waals surface area contributed by atoms with Crippen molar-refractivity contribution in [3.8, 4) is 5.75 Å². The minimum atomic E-state index is -0.473. The van der Waals surface area contributed by atoms with Crippen molar-refractivity contribution >= 4 is 21.8 Å². The summed E-state index contributed by atoms with van der Waals surface area (Å²) in [5.74, 6) is -0.477. The summed E-state index contributed by atoms with van der Waals surface area (Å²) in [6.45, 7) is 1.29. The molecule has 1 aliphatic rings. The van der Waals surface area contributed by atoms with E-state index < -0.39 is 5.82 Å². The summed E-state index contributed by atoms with van der Waals surface area (Å²) in [6, 6.07) is 4.84. The number of likely N-dealkylation sites (tertiary alicyclic amines) is 1. The fourth-order valence-corrected chi connectivity index (χ4v) is 2.60. The third kappa shape index (κ3) is 3.93. The Morgan fingerprint density at radius 1 is 1.60 bits per heavy atom. The van der Waals surface area contributed by atoms with E-state index in [4.69, 9.17) is 4.74 Å². The van der Waals surface area contributed by atoms with E-state index in [9.17, 15) is 9.18 Å². The van der Waals surface area contributed by atoms with Gasteiger partial charge in [0.05, 0.1) is 0 Å². The van der Waals surface area contributed by atoms with Crippen molar-refractivity contribution in [2.24, 2.45) is 0 Å². The monoisotopic (exact) mass is 344 g/mol. The highest BCUT2D eigenvalue weighted by Crippen LogP contribution is 2.21. The van der Waals surface area contributed by atoms with Crippen LogP contribution in [0.4, 0.5) is 4.39 Å². The predicted molar refractivity (Wildman–Crippen MR) is 78.3 cm³/mol.